The molecule has 2 aliphatic heterocycles. The Balaban J connectivity index is 1.63. The fourth-order valence-corrected chi connectivity index (χ4v) is 3.74. The highest BCUT2D eigenvalue weighted by Gasteiger charge is 2.32. The SMILES string of the molecule is Cc1cccc(NC(=O)N[C@@H]2N=C(N3CCNCC3)c3ccccc3N(C)C2=O)c1. The van der Waals surface area contributed by atoms with E-state index >= 15 is 0 Å². The molecule has 30 heavy (non-hydrogen) atoms. The number of nitrogens with one attached hydrogen (secondary N) is 3. The quantitative estimate of drug-likeness (QED) is 0.709. The van der Waals surface area contributed by atoms with E-state index < -0.39 is 12.2 Å². The lowest BCUT2D eigenvalue weighted by molar-refractivity contribution is -0.119. The van der Waals surface area contributed by atoms with Crippen LogP contribution in [0.3, 0.4) is 0 Å². The third-order valence-electron chi connectivity index (χ3n) is 5.28. The summed E-state index contributed by atoms with van der Waals surface area (Å²) < 4.78 is 0. The summed E-state index contributed by atoms with van der Waals surface area (Å²) in [6.07, 6.45) is -1.02. The van der Waals surface area contributed by atoms with E-state index in [1.54, 1.807) is 18.0 Å². The van der Waals surface area contributed by atoms with Crippen LogP contribution >= 0.6 is 0 Å². The van der Waals surface area contributed by atoms with Gasteiger partial charge in [-0.3, -0.25) is 4.79 Å². The van der Waals surface area contributed by atoms with E-state index in [2.05, 4.69) is 20.9 Å². The average Bonchev–Trinajstić information content (AvgIpc) is 2.85. The molecule has 0 aromatic heterocycles. The largest absolute Gasteiger partial charge is 0.354 e. The number of urea groups is 1. The molecule has 8 heteroatoms. The summed E-state index contributed by atoms with van der Waals surface area (Å²) in [5.41, 5.74) is 3.37. The minimum atomic E-state index is -1.02. The standard InChI is InChI=1S/C22H26N6O2/c1-15-6-5-7-16(14-15)24-22(30)26-19-21(29)27(2)18-9-4-3-8-17(18)20(25-19)28-12-10-23-11-13-28/h3-9,14,19,23H,10-13H2,1-2H3,(H2,24,26,30)/t19-/m0/s1. The lowest BCUT2D eigenvalue weighted by Gasteiger charge is -2.31. The molecule has 2 heterocycles. The molecular weight excluding hydrogens is 380 g/mol. The van der Waals surface area contributed by atoms with Crippen molar-refractivity contribution in [3.8, 4) is 0 Å². The number of anilines is 2. The first-order valence-electron chi connectivity index (χ1n) is 10.1. The Hall–Kier alpha value is -3.39. The van der Waals surface area contributed by atoms with Crippen LogP contribution in [0.2, 0.25) is 0 Å². The fraction of sp³-hybridized carbons (Fsp3) is 0.318. The van der Waals surface area contributed by atoms with Gasteiger partial charge in [-0.15, -0.1) is 0 Å². The van der Waals surface area contributed by atoms with Crippen LogP contribution < -0.4 is 20.9 Å². The molecular formula is C22H26N6O2. The van der Waals surface area contributed by atoms with Crippen molar-refractivity contribution < 1.29 is 9.59 Å². The number of carbonyl (C=O) groups is 2. The lowest BCUT2D eigenvalue weighted by Crippen LogP contribution is -2.49. The second kappa shape index (κ2) is 8.54. The van der Waals surface area contributed by atoms with Gasteiger partial charge >= 0.3 is 6.03 Å². The third-order valence-corrected chi connectivity index (χ3v) is 5.28. The van der Waals surface area contributed by atoms with Gasteiger partial charge < -0.3 is 25.8 Å². The molecule has 0 saturated carbocycles. The molecule has 3 N–H and O–H groups in total. The van der Waals surface area contributed by atoms with Crippen LogP contribution in [0.25, 0.3) is 0 Å². The van der Waals surface area contributed by atoms with Crippen molar-refractivity contribution in [2.75, 3.05) is 43.4 Å². The number of hydrogen-bond acceptors (Lipinski definition) is 5. The molecule has 8 nitrogen and oxygen atoms in total. The zero-order chi connectivity index (χ0) is 21.1. The molecule has 2 aliphatic rings. The van der Waals surface area contributed by atoms with Crippen LogP contribution in [0.4, 0.5) is 16.2 Å². The number of amidine groups is 1. The molecule has 0 radical (unpaired) electrons. The van der Waals surface area contributed by atoms with E-state index in [9.17, 15) is 9.59 Å². The predicted molar refractivity (Wildman–Crippen MR) is 118 cm³/mol. The van der Waals surface area contributed by atoms with Gasteiger partial charge in [0.05, 0.1) is 5.69 Å². The van der Waals surface area contributed by atoms with Gasteiger partial charge in [0.15, 0.2) is 0 Å². The number of rotatable bonds is 2. The van der Waals surface area contributed by atoms with Crippen LogP contribution in [-0.4, -0.2) is 62.1 Å². The maximum atomic E-state index is 13.1. The summed E-state index contributed by atoms with van der Waals surface area (Å²) >= 11 is 0. The van der Waals surface area contributed by atoms with E-state index in [1.165, 1.54) is 0 Å². The summed E-state index contributed by atoms with van der Waals surface area (Å²) in [5.74, 6) is 0.442. The number of amides is 3. The first-order chi connectivity index (χ1) is 14.5. The summed E-state index contributed by atoms with van der Waals surface area (Å²) in [5, 5.41) is 8.86. The second-order valence-electron chi connectivity index (χ2n) is 7.47. The van der Waals surface area contributed by atoms with Gasteiger partial charge in [-0.2, -0.15) is 0 Å². The minimum absolute atomic E-state index is 0.285. The van der Waals surface area contributed by atoms with Gasteiger partial charge in [0.2, 0.25) is 6.17 Å². The Morgan fingerprint density at radius 2 is 1.90 bits per heavy atom. The van der Waals surface area contributed by atoms with Gasteiger partial charge in [0, 0.05) is 44.5 Å². The van der Waals surface area contributed by atoms with Crippen molar-refractivity contribution in [2.45, 2.75) is 13.1 Å². The number of carbonyl (C=O) groups excluding carboxylic acids is 2. The molecule has 4 rings (SSSR count). The normalized spacial score (nSPS) is 18.9. The Bertz CT molecular complexity index is 983. The topological polar surface area (TPSA) is 89.1 Å². The molecule has 1 fully saturated rings. The van der Waals surface area contributed by atoms with Gasteiger partial charge in [-0.25, -0.2) is 9.79 Å². The summed E-state index contributed by atoms with van der Waals surface area (Å²) in [4.78, 5) is 34.2. The molecule has 1 saturated heterocycles. The van der Waals surface area contributed by atoms with Crippen molar-refractivity contribution in [1.82, 2.24) is 15.5 Å². The zero-order valence-corrected chi connectivity index (χ0v) is 17.2. The third kappa shape index (κ3) is 4.13. The average molecular weight is 406 g/mol. The first-order valence-corrected chi connectivity index (χ1v) is 10.1. The van der Waals surface area contributed by atoms with E-state index in [1.807, 2.05) is 49.4 Å². The minimum Gasteiger partial charge on any atom is -0.354 e. The highest BCUT2D eigenvalue weighted by atomic mass is 16.2. The molecule has 0 aliphatic carbocycles. The number of likely N-dealkylation sites (N-methyl/N-ethyl adjacent to an activating group) is 1. The smallest absolute Gasteiger partial charge is 0.321 e. The molecule has 1 atom stereocenters. The van der Waals surface area contributed by atoms with Crippen LogP contribution in [0.5, 0.6) is 0 Å². The molecule has 3 amide bonds. The van der Waals surface area contributed by atoms with Gasteiger partial charge in [0.1, 0.15) is 5.84 Å². The molecule has 156 valence electrons. The van der Waals surface area contributed by atoms with E-state index in [0.717, 1.165) is 48.8 Å². The Labute approximate surface area is 176 Å². The number of aliphatic imine (C=N–C) groups is 1. The Kier molecular flexibility index (Phi) is 5.67. The number of benzodiazepines with no additional fused rings is 1. The van der Waals surface area contributed by atoms with Crippen molar-refractivity contribution in [2.24, 2.45) is 4.99 Å². The number of aryl methyl sites for hydroxylation is 1. The van der Waals surface area contributed by atoms with Crippen LogP contribution in [0, 0.1) is 6.92 Å². The van der Waals surface area contributed by atoms with Crippen molar-refractivity contribution in [3.63, 3.8) is 0 Å². The zero-order valence-electron chi connectivity index (χ0n) is 17.2. The van der Waals surface area contributed by atoms with Gasteiger partial charge in [0.25, 0.3) is 5.91 Å². The number of piperazine rings is 1. The summed E-state index contributed by atoms with van der Waals surface area (Å²) in [6.45, 7) is 5.21. The molecule has 0 unspecified atom stereocenters. The Morgan fingerprint density at radius 3 is 2.67 bits per heavy atom. The molecule has 2 aromatic carbocycles. The highest BCUT2D eigenvalue weighted by Crippen LogP contribution is 2.26. The number of benzene rings is 2. The number of nitrogens with zero attached hydrogens (tertiary/aromatic N) is 3. The van der Waals surface area contributed by atoms with E-state index in [-0.39, 0.29) is 5.91 Å². The van der Waals surface area contributed by atoms with Crippen molar-refractivity contribution >= 4 is 29.1 Å². The van der Waals surface area contributed by atoms with Crippen molar-refractivity contribution in [3.05, 3.63) is 59.7 Å². The Morgan fingerprint density at radius 1 is 1.13 bits per heavy atom. The highest BCUT2D eigenvalue weighted by molar-refractivity contribution is 6.12. The van der Waals surface area contributed by atoms with E-state index in [0.29, 0.717) is 5.69 Å². The summed E-state index contributed by atoms with van der Waals surface area (Å²) in [6, 6.07) is 14.7. The van der Waals surface area contributed by atoms with Crippen LogP contribution in [0.1, 0.15) is 11.1 Å². The van der Waals surface area contributed by atoms with Gasteiger partial charge in [-0.05, 0) is 36.8 Å². The van der Waals surface area contributed by atoms with Crippen LogP contribution in [0.15, 0.2) is 53.5 Å². The summed E-state index contributed by atoms with van der Waals surface area (Å²) in [7, 11) is 1.71. The molecule has 2 aromatic rings. The van der Waals surface area contributed by atoms with Crippen molar-refractivity contribution in [1.29, 1.82) is 0 Å². The van der Waals surface area contributed by atoms with Crippen LogP contribution in [-0.2, 0) is 4.79 Å². The number of para-hydroxylation sites is 1. The molecule has 0 spiro atoms. The van der Waals surface area contributed by atoms with E-state index in [4.69, 9.17) is 4.99 Å². The van der Waals surface area contributed by atoms with Gasteiger partial charge in [-0.1, -0.05) is 24.3 Å². The second-order valence-corrected chi connectivity index (χ2v) is 7.47. The number of fused-ring (bicyclic) bond motifs is 1. The predicted octanol–water partition coefficient (Wildman–Crippen LogP) is 1.77. The number of hydrogen-bond donors (Lipinski definition) is 3. The maximum absolute atomic E-state index is 13.1. The monoisotopic (exact) mass is 406 g/mol. The first kappa shape index (κ1) is 19.9. The maximum Gasteiger partial charge on any atom is 0.321 e. The lowest BCUT2D eigenvalue weighted by atomic mass is 10.1. The molecule has 0 bridgehead atoms. The fourth-order valence-electron chi connectivity index (χ4n) is 3.74.